The van der Waals surface area contributed by atoms with Gasteiger partial charge in [0, 0.05) is 9.13 Å². The molecule has 0 atom stereocenters. The van der Waals surface area contributed by atoms with Crippen LogP contribution in [0.25, 0.3) is 0 Å². The molecule has 2 nitrogen and oxygen atoms in total. The van der Waals surface area contributed by atoms with Gasteiger partial charge in [-0.15, -0.1) is 0 Å². The number of rotatable bonds is 2. The summed E-state index contributed by atoms with van der Waals surface area (Å²) in [4.78, 5) is 11.5. The molecule has 0 amide bonds. The average molecular weight is 364 g/mol. The minimum Gasteiger partial charge on any atom is -0.293 e. The van der Waals surface area contributed by atoms with Crippen molar-refractivity contribution in [1.82, 2.24) is 0 Å². The fourth-order valence-electron chi connectivity index (χ4n) is 1.10. The van der Waals surface area contributed by atoms with Crippen molar-refractivity contribution in [3.05, 3.63) is 32.4 Å². The lowest BCUT2D eigenvalue weighted by atomic mass is 10.0. The maximum absolute atomic E-state index is 11.5. The van der Waals surface area contributed by atoms with Crippen LogP contribution in [0.3, 0.4) is 0 Å². The Morgan fingerprint density at radius 1 is 1.64 bits per heavy atom. The minimum atomic E-state index is 0.00546. The standard InChI is InChI=1S/C10H7BrINO/c1-6-2-3-7(9(14)4-11)10(12)8(6)5-13/h2-3H,4H2,1H3. The lowest BCUT2D eigenvalue weighted by Crippen LogP contribution is -2.05. The molecule has 14 heavy (non-hydrogen) atoms. The van der Waals surface area contributed by atoms with E-state index in [1.807, 2.05) is 29.5 Å². The number of carbonyl (C=O) groups excluding carboxylic acids is 1. The molecule has 1 aromatic carbocycles. The summed E-state index contributed by atoms with van der Waals surface area (Å²) in [5.41, 5.74) is 2.12. The van der Waals surface area contributed by atoms with Gasteiger partial charge in [-0.2, -0.15) is 5.26 Å². The van der Waals surface area contributed by atoms with Crippen LogP contribution >= 0.6 is 38.5 Å². The Bertz CT molecular complexity index is 423. The molecule has 0 radical (unpaired) electrons. The molecule has 0 aliphatic carbocycles. The molecule has 4 heteroatoms. The quantitative estimate of drug-likeness (QED) is 0.460. The smallest absolute Gasteiger partial charge is 0.174 e. The Morgan fingerprint density at radius 2 is 2.29 bits per heavy atom. The maximum atomic E-state index is 11.5. The molecule has 0 aliphatic heterocycles. The first-order valence-corrected chi connectivity index (χ1v) is 6.10. The first kappa shape index (κ1) is 11.7. The third-order valence-corrected chi connectivity index (χ3v) is 3.51. The van der Waals surface area contributed by atoms with Crippen molar-refractivity contribution >= 4 is 44.3 Å². The lowest BCUT2D eigenvalue weighted by Gasteiger charge is -2.05. The average Bonchev–Trinajstić information content (AvgIpc) is 2.18. The third kappa shape index (κ3) is 2.15. The van der Waals surface area contributed by atoms with Crippen LogP contribution in [0.5, 0.6) is 0 Å². The molecule has 1 rings (SSSR count). The number of Topliss-reactive ketones (excluding diaryl/α,β-unsaturated/α-hetero) is 1. The van der Waals surface area contributed by atoms with Crippen molar-refractivity contribution in [2.45, 2.75) is 6.92 Å². The zero-order valence-electron chi connectivity index (χ0n) is 7.47. The van der Waals surface area contributed by atoms with Crippen molar-refractivity contribution in [2.75, 3.05) is 5.33 Å². The highest BCUT2D eigenvalue weighted by atomic mass is 127. The molecule has 0 aromatic heterocycles. The van der Waals surface area contributed by atoms with Crippen molar-refractivity contribution in [3.63, 3.8) is 0 Å². The van der Waals surface area contributed by atoms with Gasteiger partial charge in [-0.25, -0.2) is 0 Å². The van der Waals surface area contributed by atoms with Gasteiger partial charge in [-0.05, 0) is 41.1 Å². The van der Waals surface area contributed by atoms with E-state index >= 15 is 0 Å². The summed E-state index contributed by atoms with van der Waals surface area (Å²) in [5, 5.41) is 9.19. The van der Waals surface area contributed by atoms with Crippen LogP contribution < -0.4 is 0 Å². The predicted molar refractivity (Wildman–Crippen MR) is 66.7 cm³/mol. The van der Waals surface area contributed by atoms with Crippen molar-refractivity contribution < 1.29 is 4.79 Å². The van der Waals surface area contributed by atoms with E-state index in [9.17, 15) is 4.79 Å². The minimum absolute atomic E-state index is 0.00546. The Hall–Kier alpha value is -0.410. The van der Waals surface area contributed by atoms with Gasteiger partial charge in [0.25, 0.3) is 0 Å². The number of hydrogen-bond donors (Lipinski definition) is 0. The molecule has 0 aliphatic rings. The van der Waals surface area contributed by atoms with Gasteiger partial charge in [-0.3, -0.25) is 4.79 Å². The van der Waals surface area contributed by atoms with E-state index in [2.05, 4.69) is 22.0 Å². The van der Waals surface area contributed by atoms with E-state index < -0.39 is 0 Å². The van der Waals surface area contributed by atoms with Crippen molar-refractivity contribution in [3.8, 4) is 6.07 Å². The first-order valence-electron chi connectivity index (χ1n) is 3.90. The van der Waals surface area contributed by atoms with Crippen LogP contribution in [0.15, 0.2) is 12.1 Å². The number of halogens is 2. The summed E-state index contributed by atoms with van der Waals surface area (Å²) in [6.07, 6.45) is 0. The Morgan fingerprint density at radius 3 is 2.79 bits per heavy atom. The summed E-state index contributed by atoms with van der Waals surface area (Å²) in [5.74, 6) is 0.00546. The van der Waals surface area contributed by atoms with Gasteiger partial charge in [0.05, 0.1) is 10.9 Å². The van der Waals surface area contributed by atoms with E-state index in [1.165, 1.54) is 0 Å². The summed E-state index contributed by atoms with van der Waals surface area (Å²) in [7, 11) is 0. The van der Waals surface area contributed by atoms with Crippen molar-refractivity contribution in [1.29, 1.82) is 5.26 Å². The zero-order valence-corrected chi connectivity index (χ0v) is 11.2. The molecular formula is C10H7BrINO. The number of alkyl halides is 1. The molecular weight excluding hydrogens is 357 g/mol. The zero-order chi connectivity index (χ0) is 10.7. The number of hydrogen-bond acceptors (Lipinski definition) is 2. The summed E-state index contributed by atoms with van der Waals surface area (Å²) in [6, 6.07) is 5.68. The highest BCUT2D eigenvalue weighted by Crippen LogP contribution is 2.21. The summed E-state index contributed by atoms with van der Waals surface area (Å²) >= 11 is 5.16. The van der Waals surface area contributed by atoms with Crippen molar-refractivity contribution in [2.24, 2.45) is 0 Å². The van der Waals surface area contributed by atoms with Gasteiger partial charge in [-0.1, -0.05) is 22.0 Å². The van der Waals surface area contributed by atoms with Gasteiger partial charge in [0.1, 0.15) is 6.07 Å². The fourth-order valence-corrected chi connectivity index (χ4v) is 2.43. The van der Waals surface area contributed by atoms with Crippen LogP contribution in [0.1, 0.15) is 21.5 Å². The lowest BCUT2D eigenvalue weighted by molar-refractivity contribution is 0.102. The van der Waals surface area contributed by atoms with E-state index in [0.717, 1.165) is 9.13 Å². The molecule has 1 aromatic rings. The van der Waals surface area contributed by atoms with E-state index in [-0.39, 0.29) is 11.1 Å². The molecule has 0 N–H and O–H groups in total. The van der Waals surface area contributed by atoms with Crippen LogP contribution in [0, 0.1) is 21.8 Å². The van der Waals surface area contributed by atoms with Gasteiger partial charge >= 0.3 is 0 Å². The molecule has 72 valence electrons. The normalized spacial score (nSPS) is 9.57. The van der Waals surface area contributed by atoms with E-state index in [1.54, 1.807) is 12.1 Å². The SMILES string of the molecule is Cc1ccc(C(=O)CBr)c(I)c1C#N. The highest BCUT2D eigenvalue weighted by Gasteiger charge is 2.13. The highest BCUT2D eigenvalue weighted by molar-refractivity contribution is 14.1. The monoisotopic (exact) mass is 363 g/mol. The van der Waals surface area contributed by atoms with E-state index in [4.69, 9.17) is 5.26 Å². The maximum Gasteiger partial charge on any atom is 0.174 e. The van der Waals surface area contributed by atoms with Crippen LogP contribution in [-0.4, -0.2) is 11.1 Å². The molecule has 0 heterocycles. The number of aryl methyl sites for hydroxylation is 1. The Kier molecular flexibility index (Phi) is 4.08. The second-order valence-corrected chi connectivity index (χ2v) is 4.43. The number of ketones is 1. The fraction of sp³-hybridized carbons (Fsp3) is 0.200. The largest absolute Gasteiger partial charge is 0.293 e. The van der Waals surface area contributed by atoms with Crippen LogP contribution in [-0.2, 0) is 0 Å². The Balaban J connectivity index is 3.37. The predicted octanol–water partition coefficient (Wildman–Crippen LogP) is 3.05. The second kappa shape index (κ2) is 4.89. The van der Waals surface area contributed by atoms with E-state index in [0.29, 0.717) is 11.1 Å². The number of carbonyl (C=O) groups is 1. The van der Waals surface area contributed by atoms with Gasteiger partial charge in [0.15, 0.2) is 5.78 Å². The molecule has 0 saturated heterocycles. The van der Waals surface area contributed by atoms with Crippen LogP contribution in [0.2, 0.25) is 0 Å². The van der Waals surface area contributed by atoms with Crippen LogP contribution in [0.4, 0.5) is 0 Å². The second-order valence-electron chi connectivity index (χ2n) is 2.79. The first-order chi connectivity index (χ1) is 6.61. The van der Waals surface area contributed by atoms with Gasteiger partial charge in [0.2, 0.25) is 0 Å². The number of benzene rings is 1. The topological polar surface area (TPSA) is 40.9 Å². The number of nitrogens with zero attached hydrogens (tertiary/aromatic N) is 1. The summed E-state index contributed by atoms with van der Waals surface area (Å²) in [6.45, 7) is 1.86. The molecule has 0 unspecified atom stereocenters. The summed E-state index contributed by atoms with van der Waals surface area (Å²) < 4.78 is 0.745. The molecule has 0 saturated carbocycles. The Labute approximate surface area is 105 Å². The number of nitriles is 1. The molecule has 0 bridgehead atoms. The molecule has 0 spiro atoms. The third-order valence-electron chi connectivity index (χ3n) is 1.88. The van der Waals surface area contributed by atoms with Gasteiger partial charge < -0.3 is 0 Å². The molecule has 0 fully saturated rings.